The van der Waals surface area contributed by atoms with Crippen LogP contribution < -0.4 is 10.2 Å². The van der Waals surface area contributed by atoms with E-state index in [4.69, 9.17) is 11.6 Å². The molecular formula is C13H22ClN5. The first-order valence-corrected chi connectivity index (χ1v) is 7.29. The number of aromatic nitrogens is 2. The van der Waals surface area contributed by atoms with Crippen molar-refractivity contribution in [2.24, 2.45) is 0 Å². The van der Waals surface area contributed by atoms with Gasteiger partial charge < -0.3 is 15.1 Å². The van der Waals surface area contributed by atoms with Gasteiger partial charge >= 0.3 is 0 Å². The van der Waals surface area contributed by atoms with Gasteiger partial charge in [0.2, 0.25) is 0 Å². The summed E-state index contributed by atoms with van der Waals surface area (Å²) >= 11 is 6.12. The molecule has 0 spiro atoms. The fraction of sp³-hybridized carbons (Fsp3) is 0.692. The second kappa shape index (κ2) is 6.91. The van der Waals surface area contributed by atoms with Crippen LogP contribution in [-0.2, 0) is 0 Å². The van der Waals surface area contributed by atoms with Gasteiger partial charge in [-0.1, -0.05) is 18.5 Å². The molecule has 2 rings (SSSR count). The van der Waals surface area contributed by atoms with Crippen LogP contribution in [0.5, 0.6) is 0 Å². The van der Waals surface area contributed by atoms with Crippen molar-refractivity contribution in [3.05, 3.63) is 11.5 Å². The molecule has 1 aromatic rings. The van der Waals surface area contributed by atoms with Crippen molar-refractivity contribution in [3.63, 3.8) is 0 Å². The number of rotatable bonds is 4. The molecule has 0 aliphatic carbocycles. The largest absolute Gasteiger partial charge is 0.383 e. The third-order valence-electron chi connectivity index (χ3n) is 3.46. The van der Waals surface area contributed by atoms with E-state index in [2.05, 4.69) is 32.0 Å². The molecule has 0 saturated carbocycles. The van der Waals surface area contributed by atoms with Gasteiger partial charge in [0.25, 0.3) is 0 Å². The Morgan fingerprint density at radius 2 is 2.11 bits per heavy atom. The molecule has 1 aromatic heterocycles. The summed E-state index contributed by atoms with van der Waals surface area (Å²) in [6.07, 6.45) is 3.90. The Hall–Kier alpha value is -1.07. The maximum Gasteiger partial charge on any atom is 0.157 e. The van der Waals surface area contributed by atoms with Gasteiger partial charge in [-0.2, -0.15) is 0 Å². The smallest absolute Gasteiger partial charge is 0.157 e. The lowest BCUT2D eigenvalue weighted by molar-refractivity contribution is 0.294. The number of anilines is 2. The standard InChI is InChI=1S/C13H22ClN5/c1-3-5-18-6-4-7-19(9-8-18)13-11(15-2)12(14)16-10-17-13/h10,15H,3-9H2,1-2H3. The van der Waals surface area contributed by atoms with Crippen LogP contribution in [0.15, 0.2) is 6.33 Å². The van der Waals surface area contributed by atoms with Crippen LogP contribution in [0.3, 0.4) is 0 Å². The molecule has 0 unspecified atom stereocenters. The Morgan fingerprint density at radius 1 is 1.26 bits per heavy atom. The minimum absolute atomic E-state index is 0.488. The van der Waals surface area contributed by atoms with Crippen molar-refractivity contribution < 1.29 is 0 Å². The highest BCUT2D eigenvalue weighted by atomic mass is 35.5. The highest BCUT2D eigenvalue weighted by Crippen LogP contribution is 2.29. The first-order valence-electron chi connectivity index (χ1n) is 6.91. The van der Waals surface area contributed by atoms with E-state index in [1.54, 1.807) is 0 Å². The van der Waals surface area contributed by atoms with Crippen LogP contribution in [-0.4, -0.2) is 54.6 Å². The lowest BCUT2D eigenvalue weighted by atomic mass is 10.3. The Kier molecular flexibility index (Phi) is 5.22. The van der Waals surface area contributed by atoms with E-state index in [0.29, 0.717) is 5.15 Å². The van der Waals surface area contributed by atoms with Crippen LogP contribution in [0.2, 0.25) is 5.15 Å². The Labute approximate surface area is 120 Å². The van der Waals surface area contributed by atoms with Crippen molar-refractivity contribution >= 4 is 23.1 Å². The lowest BCUT2D eigenvalue weighted by Gasteiger charge is -2.24. The van der Waals surface area contributed by atoms with E-state index in [9.17, 15) is 0 Å². The van der Waals surface area contributed by atoms with E-state index in [1.807, 2.05) is 7.05 Å². The SMILES string of the molecule is CCCN1CCCN(c2ncnc(Cl)c2NC)CC1. The molecule has 0 bridgehead atoms. The zero-order chi connectivity index (χ0) is 13.7. The van der Waals surface area contributed by atoms with Crippen molar-refractivity contribution in [3.8, 4) is 0 Å². The fourth-order valence-electron chi connectivity index (χ4n) is 2.53. The number of nitrogens with one attached hydrogen (secondary N) is 1. The first kappa shape index (κ1) is 14.3. The second-order valence-corrected chi connectivity index (χ2v) is 5.15. The third-order valence-corrected chi connectivity index (χ3v) is 3.75. The first-order chi connectivity index (χ1) is 9.26. The number of nitrogens with zero attached hydrogens (tertiary/aromatic N) is 4. The summed E-state index contributed by atoms with van der Waals surface area (Å²) < 4.78 is 0. The highest BCUT2D eigenvalue weighted by molar-refractivity contribution is 6.32. The van der Waals surface area contributed by atoms with Crippen LogP contribution in [0.1, 0.15) is 19.8 Å². The van der Waals surface area contributed by atoms with Gasteiger partial charge in [-0.25, -0.2) is 9.97 Å². The minimum atomic E-state index is 0.488. The van der Waals surface area contributed by atoms with E-state index in [0.717, 1.165) is 44.1 Å². The quantitative estimate of drug-likeness (QED) is 0.858. The molecule has 0 amide bonds. The van der Waals surface area contributed by atoms with Crippen LogP contribution in [0, 0.1) is 0 Å². The lowest BCUT2D eigenvalue weighted by Crippen LogP contribution is -2.32. The molecule has 106 valence electrons. The predicted molar refractivity (Wildman–Crippen MR) is 80.1 cm³/mol. The van der Waals surface area contributed by atoms with Gasteiger partial charge in [0.05, 0.1) is 0 Å². The number of halogens is 1. The molecule has 1 saturated heterocycles. The molecule has 2 heterocycles. The maximum absolute atomic E-state index is 6.12. The maximum atomic E-state index is 6.12. The number of hydrogen-bond donors (Lipinski definition) is 1. The summed E-state index contributed by atoms with van der Waals surface area (Å²) in [5.41, 5.74) is 0.827. The topological polar surface area (TPSA) is 44.3 Å². The molecule has 1 aliphatic rings. The fourth-order valence-corrected chi connectivity index (χ4v) is 2.76. The van der Waals surface area contributed by atoms with E-state index in [1.165, 1.54) is 19.3 Å². The Bertz CT molecular complexity index is 412. The molecule has 0 radical (unpaired) electrons. The summed E-state index contributed by atoms with van der Waals surface area (Å²) in [5.74, 6) is 0.917. The second-order valence-electron chi connectivity index (χ2n) is 4.80. The van der Waals surface area contributed by atoms with Gasteiger partial charge in [-0.15, -0.1) is 0 Å². The van der Waals surface area contributed by atoms with E-state index < -0.39 is 0 Å². The number of hydrogen-bond acceptors (Lipinski definition) is 5. The van der Waals surface area contributed by atoms with Gasteiger partial charge in [0.1, 0.15) is 12.0 Å². The zero-order valence-electron chi connectivity index (χ0n) is 11.7. The van der Waals surface area contributed by atoms with Gasteiger partial charge in [-0.3, -0.25) is 0 Å². The van der Waals surface area contributed by atoms with Crippen LogP contribution in [0.4, 0.5) is 11.5 Å². The molecule has 1 fully saturated rings. The molecule has 5 nitrogen and oxygen atoms in total. The van der Waals surface area contributed by atoms with Crippen molar-refractivity contribution in [2.45, 2.75) is 19.8 Å². The summed E-state index contributed by atoms with van der Waals surface area (Å²) in [6, 6.07) is 0. The van der Waals surface area contributed by atoms with Crippen LogP contribution in [0.25, 0.3) is 0 Å². The van der Waals surface area contributed by atoms with Crippen molar-refractivity contribution in [1.82, 2.24) is 14.9 Å². The average Bonchev–Trinajstić information content (AvgIpc) is 2.64. The Morgan fingerprint density at radius 3 is 2.84 bits per heavy atom. The molecule has 19 heavy (non-hydrogen) atoms. The zero-order valence-corrected chi connectivity index (χ0v) is 12.4. The molecule has 6 heteroatoms. The van der Waals surface area contributed by atoms with E-state index in [-0.39, 0.29) is 0 Å². The van der Waals surface area contributed by atoms with Crippen molar-refractivity contribution in [1.29, 1.82) is 0 Å². The van der Waals surface area contributed by atoms with Crippen molar-refractivity contribution in [2.75, 3.05) is 50.0 Å². The summed E-state index contributed by atoms with van der Waals surface area (Å²) in [4.78, 5) is 13.2. The van der Waals surface area contributed by atoms with Gasteiger partial charge in [0, 0.05) is 26.7 Å². The molecular weight excluding hydrogens is 262 g/mol. The van der Waals surface area contributed by atoms with Crippen LogP contribution >= 0.6 is 11.6 Å². The third kappa shape index (κ3) is 3.48. The molecule has 1 N–H and O–H groups in total. The Balaban J connectivity index is 2.12. The predicted octanol–water partition coefficient (Wildman–Crippen LogP) is 2.09. The molecule has 0 atom stereocenters. The average molecular weight is 284 g/mol. The minimum Gasteiger partial charge on any atom is -0.383 e. The van der Waals surface area contributed by atoms with Gasteiger partial charge in [0.15, 0.2) is 11.0 Å². The van der Waals surface area contributed by atoms with E-state index >= 15 is 0 Å². The summed E-state index contributed by atoms with van der Waals surface area (Å²) in [7, 11) is 1.86. The normalized spacial score (nSPS) is 17.3. The van der Waals surface area contributed by atoms with Gasteiger partial charge in [-0.05, 0) is 25.9 Å². The highest BCUT2D eigenvalue weighted by Gasteiger charge is 2.19. The molecule has 1 aliphatic heterocycles. The summed E-state index contributed by atoms with van der Waals surface area (Å²) in [5, 5.41) is 3.59. The summed E-state index contributed by atoms with van der Waals surface area (Å²) in [6.45, 7) is 7.66. The monoisotopic (exact) mass is 283 g/mol. The molecule has 0 aromatic carbocycles.